The molecule has 0 saturated carbocycles. The van der Waals surface area contributed by atoms with Crippen molar-refractivity contribution in [1.29, 1.82) is 0 Å². The third-order valence-electron chi connectivity index (χ3n) is 3.99. The summed E-state index contributed by atoms with van der Waals surface area (Å²) in [5, 5.41) is 15.9. The Labute approximate surface area is 143 Å². The summed E-state index contributed by atoms with van der Waals surface area (Å²) in [5.74, 6) is 1.33. The van der Waals surface area contributed by atoms with Gasteiger partial charge in [-0.05, 0) is 18.2 Å². The number of aromatic nitrogens is 5. The van der Waals surface area contributed by atoms with Gasteiger partial charge >= 0.3 is 0 Å². The van der Waals surface area contributed by atoms with Gasteiger partial charge in [0.2, 0.25) is 10.0 Å². The van der Waals surface area contributed by atoms with Crippen molar-refractivity contribution in [2.75, 3.05) is 31.1 Å². The molecule has 0 N–H and O–H groups in total. The van der Waals surface area contributed by atoms with E-state index < -0.39 is 10.0 Å². The van der Waals surface area contributed by atoms with Gasteiger partial charge in [-0.3, -0.25) is 0 Å². The second-order valence-corrected chi connectivity index (χ2v) is 7.39. The van der Waals surface area contributed by atoms with Gasteiger partial charge in [-0.15, -0.1) is 10.2 Å². The predicted octanol–water partition coefficient (Wildman–Crippen LogP) is 0.161. The Morgan fingerprint density at radius 3 is 2.40 bits per heavy atom. The van der Waals surface area contributed by atoms with Crippen molar-refractivity contribution in [1.82, 2.24) is 29.4 Å². The molecule has 1 saturated heterocycles. The van der Waals surface area contributed by atoms with Gasteiger partial charge in [0, 0.05) is 38.6 Å². The molecule has 0 amide bonds. The Morgan fingerprint density at radius 1 is 1.04 bits per heavy atom. The minimum absolute atomic E-state index is 0.0734. The first-order chi connectivity index (χ1) is 12.1. The maximum absolute atomic E-state index is 12.4. The van der Waals surface area contributed by atoms with Gasteiger partial charge in [0.1, 0.15) is 11.2 Å². The zero-order valence-corrected chi connectivity index (χ0v) is 13.9. The lowest BCUT2D eigenvalue weighted by Gasteiger charge is -2.34. The van der Waals surface area contributed by atoms with Crippen LogP contribution in [0.15, 0.2) is 52.5 Å². The maximum Gasteiger partial charge on any atom is 0.248 e. The summed E-state index contributed by atoms with van der Waals surface area (Å²) >= 11 is 0. The number of hydrogen-bond acceptors (Lipinski definition) is 8. The van der Waals surface area contributed by atoms with Crippen LogP contribution in [0.2, 0.25) is 0 Å². The predicted molar refractivity (Wildman–Crippen MR) is 86.6 cm³/mol. The van der Waals surface area contributed by atoms with Crippen LogP contribution in [0, 0.1) is 0 Å². The van der Waals surface area contributed by atoms with E-state index in [0.717, 1.165) is 6.26 Å². The van der Waals surface area contributed by atoms with E-state index in [2.05, 4.69) is 25.0 Å². The summed E-state index contributed by atoms with van der Waals surface area (Å²) in [7, 11) is -3.56. The Morgan fingerprint density at radius 2 is 1.80 bits per heavy atom. The average Bonchev–Trinajstić information content (AvgIpc) is 3.36. The Kier molecular flexibility index (Phi) is 3.93. The van der Waals surface area contributed by atoms with Crippen LogP contribution in [-0.4, -0.2) is 64.0 Å². The highest BCUT2D eigenvalue weighted by atomic mass is 32.2. The van der Waals surface area contributed by atoms with E-state index in [4.69, 9.17) is 0 Å². The summed E-state index contributed by atoms with van der Waals surface area (Å²) in [6.45, 7) is 1.77. The second-order valence-electron chi connectivity index (χ2n) is 5.45. The van der Waals surface area contributed by atoms with E-state index in [1.54, 1.807) is 17.1 Å². The molecule has 3 aromatic rings. The number of anilines is 1. The summed E-state index contributed by atoms with van der Waals surface area (Å²) in [5.41, 5.74) is 0. The monoisotopic (exact) mass is 361 g/mol. The van der Waals surface area contributed by atoms with Crippen molar-refractivity contribution >= 4 is 15.8 Å². The van der Waals surface area contributed by atoms with Crippen molar-refractivity contribution in [3.8, 4) is 5.82 Å². The van der Waals surface area contributed by atoms with Crippen LogP contribution in [0.5, 0.6) is 0 Å². The molecule has 10 nitrogen and oxygen atoms in total. The van der Waals surface area contributed by atoms with Crippen molar-refractivity contribution in [2.24, 2.45) is 0 Å². The molecule has 130 valence electrons. The zero-order valence-electron chi connectivity index (χ0n) is 13.1. The molecule has 4 rings (SSSR count). The van der Waals surface area contributed by atoms with Crippen LogP contribution in [0.1, 0.15) is 0 Å². The number of hydrogen-bond donors (Lipinski definition) is 0. The van der Waals surface area contributed by atoms with Gasteiger partial charge < -0.3 is 9.42 Å². The smallest absolute Gasteiger partial charge is 0.248 e. The first-order valence-corrected chi connectivity index (χ1v) is 9.07. The SMILES string of the molecule is O=S(=O)(c1cnoc1)N1CCN(c2ccc(-n3cccn3)nn2)CC1. The first kappa shape index (κ1) is 15.7. The topological polar surface area (TPSA) is 110 Å². The van der Waals surface area contributed by atoms with E-state index in [1.807, 2.05) is 23.1 Å². The van der Waals surface area contributed by atoms with Crippen molar-refractivity contribution in [2.45, 2.75) is 4.90 Å². The third kappa shape index (κ3) is 2.98. The second kappa shape index (κ2) is 6.26. The van der Waals surface area contributed by atoms with Crippen LogP contribution in [0.3, 0.4) is 0 Å². The van der Waals surface area contributed by atoms with Crippen molar-refractivity contribution in [3.05, 3.63) is 43.1 Å². The van der Waals surface area contributed by atoms with E-state index in [-0.39, 0.29) is 4.90 Å². The van der Waals surface area contributed by atoms with E-state index >= 15 is 0 Å². The number of sulfonamides is 1. The first-order valence-electron chi connectivity index (χ1n) is 7.63. The fourth-order valence-electron chi connectivity index (χ4n) is 2.64. The van der Waals surface area contributed by atoms with E-state index in [1.165, 1.54) is 10.5 Å². The summed E-state index contributed by atoms with van der Waals surface area (Å²) in [4.78, 5) is 2.07. The van der Waals surface area contributed by atoms with Crippen LogP contribution in [0.25, 0.3) is 5.82 Å². The van der Waals surface area contributed by atoms with Gasteiger partial charge in [-0.1, -0.05) is 5.16 Å². The molecule has 1 aliphatic rings. The fraction of sp³-hybridized carbons (Fsp3) is 0.286. The molecule has 3 aromatic heterocycles. The van der Waals surface area contributed by atoms with Crippen molar-refractivity contribution in [3.63, 3.8) is 0 Å². The highest BCUT2D eigenvalue weighted by Gasteiger charge is 2.30. The largest absolute Gasteiger partial charge is 0.363 e. The molecular weight excluding hydrogens is 346 g/mol. The molecular formula is C14H15N7O3S. The van der Waals surface area contributed by atoms with Crippen LogP contribution < -0.4 is 4.90 Å². The molecule has 1 fully saturated rings. The van der Waals surface area contributed by atoms with Gasteiger partial charge in [0.25, 0.3) is 0 Å². The normalized spacial score (nSPS) is 16.2. The molecule has 25 heavy (non-hydrogen) atoms. The van der Waals surface area contributed by atoms with E-state index in [0.29, 0.717) is 37.8 Å². The van der Waals surface area contributed by atoms with E-state index in [9.17, 15) is 8.42 Å². The molecule has 11 heteroatoms. The lowest BCUT2D eigenvalue weighted by molar-refractivity contribution is 0.382. The molecule has 0 aliphatic carbocycles. The Bertz CT molecular complexity index is 915. The fourth-order valence-corrected chi connectivity index (χ4v) is 3.93. The molecule has 0 aromatic carbocycles. The lowest BCUT2D eigenvalue weighted by atomic mass is 10.3. The quantitative estimate of drug-likeness (QED) is 0.646. The Balaban J connectivity index is 1.44. The third-order valence-corrected chi connectivity index (χ3v) is 5.83. The van der Waals surface area contributed by atoms with Crippen LogP contribution >= 0.6 is 0 Å². The minimum Gasteiger partial charge on any atom is -0.363 e. The molecule has 4 heterocycles. The van der Waals surface area contributed by atoms with Crippen molar-refractivity contribution < 1.29 is 12.9 Å². The number of rotatable bonds is 4. The number of nitrogens with zero attached hydrogens (tertiary/aromatic N) is 7. The van der Waals surface area contributed by atoms with Gasteiger partial charge in [-0.25, -0.2) is 13.1 Å². The highest BCUT2D eigenvalue weighted by Crippen LogP contribution is 2.19. The molecule has 0 spiro atoms. The van der Waals surface area contributed by atoms with Crippen LogP contribution in [0.4, 0.5) is 5.82 Å². The summed E-state index contributed by atoms with van der Waals surface area (Å²) < 4.78 is 32.6. The molecule has 0 bridgehead atoms. The van der Waals surface area contributed by atoms with Gasteiger partial charge in [0.05, 0.1) is 6.20 Å². The average molecular weight is 361 g/mol. The van der Waals surface area contributed by atoms with Gasteiger partial charge in [0.15, 0.2) is 11.6 Å². The summed E-state index contributed by atoms with van der Waals surface area (Å²) in [6.07, 6.45) is 5.81. The minimum atomic E-state index is -3.56. The van der Waals surface area contributed by atoms with Gasteiger partial charge in [-0.2, -0.15) is 9.40 Å². The maximum atomic E-state index is 12.4. The molecule has 0 unspecified atom stereocenters. The lowest BCUT2D eigenvalue weighted by Crippen LogP contribution is -2.48. The Hall–Kier alpha value is -2.79. The highest BCUT2D eigenvalue weighted by molar-refractivity contribution is 7.89. The standard InChI is InChI=1S/C14H15N7O3S/c22-25(23,12-10-16-24-11-12)20-8-6-19(7-9-20)13-2-3-14(18-17-13)21-5-1-4-15-21/h1-5,10-11H,6-9H2. The molecule has 1 aliphatic heterocycles. The molecule has 0 atom stereocenters. The summed E-state index contributed by atoms with van der Waals surface area (Å²) in [6, 6.07) is 5.49. The zero-order chi connectivity index (χ0) is 17.3. The molecule has 0 radical (unpaired) electrons. The number of piperazine rings is 1. The van der Waals surface area contributed by atoms with Crippen LogP contribution in [-0.2, 0) is 10.0 Å².